The molecule has 1 aliphatic carbocycles. The van der Waals surface area contributed by atoms with E-state index in [4.69, 9.17) is 16.2 Å². The molecule has 1 amide bonds. The number of amidine groups is 1. The third-order valence-electron chi connectivity index (χ3n) is 5.65. The summed E-state index contributed by atoms with van der Waals surface area (Å²) in [5, 5.41) is 25.1. The average Bonchev–Trinajstić information content (AvgIpc) is 3.31. The largest absolute Gasteiger partial charge is 0.508 e. The summed E-state index contributed by atoms with van der Waals surface area (Å²) >= 11 is 0. The molecule has 5 N–H and O–H groups in total. The number of fused-ring (bicyclic) bond motifs is 1. The molecule has 1 heterocycles. The Balaban J connectivity index is 1.52. The lowest BCUT2D eigenvalue weighted by Crippen LogP contribution is -2.23. The molecule has 7 nitrogen and oxygen atoms in total. The second-order valence-electron chi connectivity index (χ2n) is 7.72. The number of carbonyl (C=O) groups is 1. The zero-order chi connectivity index (χ0) is 21.4. The number of nitrogens with zero attached hydrogens (tertiary/aromatic N) is 2. The second-order valence-corrected chi connectivity index (χ2v) is 7.72. The molecular formula is C23H25N5O2. The van der Waals surface area contributed by atoms with Crippen molar-refractivity contribution in [1.82, 2.24) is 15.1 Å². The van der Waals surface area contributed by atoms with Gasteiger partial charge in [-0.2, -0.15) is 5.10 Å². The van der Waals surface area contributed by atoms with Crippen LogP contribution < -0.4 is 11.1 Å². The molecule has 0 radical (unpaired) electrons. The number of rotatable bonds is 5. The summed E-state index contributed by atoms with van der Waals surface area (Å²) < 4.78 is 2.01. The maximum Gasteiger partial charge on any atom is 0.251 e. The van der Waals surface area contributed by atoms with E-state index in [1.807, 2.05) is 30.7 Å². The first-order valence-electron chi connectivity index (χ1n) is 9.98. The van der Waals surface area contributed by atoms with Crippen molar-refractivity contribution in [2.24, 2.45) is 5.73 Å². The molecule has 4 rings (SSSR count). The lowest BCUT2D eigenvalue weighted by Gasteiger charge is -2.12. The van der Waals surface area contributed by atoms with Crippen LogP contribution in [0.15, 0.2) is 36.4 Å². The molecule has 30 heavy (non-hydrogen) atoms. The van der Waals surface area contributed by atoms with Gasteiger partial charge in [-0.1, -0.05) is 0 Å². The van der Waals surface area contributed by atoms with Crippen molar-refractivity contribution < 1.29 is 9.90 Å². The monoisotopic (exact) mass is 403 g/mol. The highest BCUT2D eigenvalue weighted by molar-refractivity contribution is 5.96. The molecule has 3 aromatic rings. The molecule has 0 aliphatic heterocycles. The number of phenolic OH excluding ortho intramolecular Hbond substituents is 1. The van der Waals surface area contributed by atoms with Gasteiger partial charge in [-0.3, -0.25) is 10.2 Å². The number of aromatic nitrogens is 2. The minimum Gasteiger partial charge on any atom is -0.508 e. The first kappa shape index (κ1) is 19.7. The van der Waals surface area contributed by atoms with Gasteiger partial charge in [0.1, 0.15) is 11.6 Å². The number of benzene rings is 2. The SMILES string of the molecule is Cc1cc(C(=O)NCc2cc(C(=N)N)ccc2O)ccc1-n1nc(C)c2c1CCC2. The Bertz CT molecular complexity index is 1160. The van der Waals surface area contributed by atoms with Crippen molar-refractivity contribution in [3.05, 3.63) is 75.6 Å². The maximum atomic E-state index is 12.7. The summed E-state index contributed by atoms with van der Waals surface area (Å²) in [5.41, 5.74) is 12.7. The first-order valence-corrected chi connectivity index (χ1v) is 9.98. The molecule has 0 bridgehead atoms. The van der Waals surface area contributed by atoms with Crippen molar-refractivity contribution in [1.29, 1.82) is 5.41 Å². The predicted octanol–water partition coefficient (Wildman–Crippen LogP) is 2.90. The Morgan fingerprint density at radius 2 is 1.97 bits per heavy atom. The number of nitrogens with one attached hydrogen (secondary N) is 2. The molecule has 0 unspecified atom stereocenters. The Labute approximate surface area is 175 Å². The highest BCUT2D eigenvalue weighted by Gasteiger charge is 2.22. The van der Waals surface area contributed by atoms with Gasteiger partial charge >= 0.3 is 0 Å². The number of nitrogen functional groups attached to an aromatic ring is 1. The molecule has 0 atom stereocenters. The van der Waals surface area contributed by atoms with E-state index >= 15 is 0 Å². The topological polar surface area (TPSA) is 117 Å². The molecule has 1 aliphatic rings. The minimum atomic E-state index is -0.237. The van der Waals surface area contributed by atoms with Gasteiger partial charge in [-0.25, -0.2) is 4.68 Å². The van der Waals surface area contributed by atoms with Gasteiger partial charge in [-0.05, 0) is 80.6 Å². The fourth-order valence-corrected chi connectivity index (χ4v) is 4.03. The molecule has 154 valence electrons. The van der Waals surface area contributed by atoms with Crippen molar-refractivity contribution in [2.75, 3.05) is 0 Å². The molecule has 2 aromatic carbocycles. The number of carbonyl (C=O) groups excluding carboxylic acids is 1. The maximum absolute atomic E-state index is 12.7. The molecule has 0 fully saturated rings. The van der Waals surface area contributed by atoms with E-state index in [-0.39, 0.29) is 24.0 Å². The standard InChI is InChI=1S/C23H25N5O2/c1-13-10-16(6-8-19(13)28-20-5-3-4-18(20)14(2)27-28)23(30)26-12-17-11-15(22(24)25)7-9-21(17)29/h6-11,29H,3-5,12H2,1-2H3,(H3,24,25)(H,26,30). The molecule has 0 saturated heterocycles. The van der Waals surface area contributed by atoms with Crippen LogP contribution in [0.4, 0.5) is 0 Å². The van der Waals surface area contributed by atoms with Crippen LogP contribution in [0, 0.1) is 19.3 Å². The molecule has 0 spiro atoms. The lowest BCUT2D eigenvalue weighted by atomic mass is 10.1. The van der Waals surface area contributed by atoms with E-state index in [0.717, 1.165) is 36.2 Å². The van der Waals surface area contributed by atoms with E-state index in [1.165, 1.54) is 17.3 Å². The van der Waals surface area contributed by atoms with E-state index in [2.05, 4.69) is 5.32 Å². The highest BCUT2D eigenvalue weighted by Crippen LogP contribution is 2.28. The Morgan fingerprint density at radius 3 is 2.70 bits per heavy atom. The fourth-order valence-electron chi connectivity index (χ4n) is 4.03. The number of nitrogens with two attached hydrogens (primary N) is 1. The van der Waals surface area contributed by atoms with Crippen LogP contribution in [-0.4, -0.2) is 26.6 Å². The van der Waals surface area contributed by atoms with Gasteiger partial charge < -0.3 is 16.2 Å². The van der Waals surface area contributed by atoms with Gasteiger partial charge in [0, 0.05) is 28.9 Å². The van der Waals surface area contributed by atoms with E-state index in [9.17, 15) is 9.90 Å². The zero-order valence-corrected chi connectivity index (χ0v) is 17.1. The number of hydrogen-bond acceptors (Lipinski definition) is 4. The van der Waals surface area contributed by atoms with E-state index in [0.29, 0.717) is 16.7 Å². The van der Waals surface area contributed by atoms with Crippen LogP contribution in [0.1, 0.15) is 50.4 Å². The zero-order valence-electron chi connectivity index (χ0n) is 17.1. The van der Waals surface area contributed by atoms with E-state index in [1.54, 1.807) is 18.2 Å². The Kier molecular flexibility index (Phi) is 5.03. The average molecular weight is 403 g/mol. The number of aromatic hydroxyl groups is 1. The number of aryl methyl sites for hydroxylation is 2. The molecular weight excluding hydrogens is 378 g/mol. The quantitative estimate of drug-likeness (QED) is 0.387. The van der Waals surface area contributed by atoms with Crippen molar-refractivity contribution >= 4 is 11.7 Å². The van der Waals surface area contributed by atoms with Gasteiger partial charge in [0.05, 0.1) is 11.4 Å². The predicted molar refractivity (Wildman–Crippen MR) is 115 cm³/mol. The van der Waals surface area contributed by atoms with Crippen LogP contribution in [0.2, 0.25) is 0 Å². The first-order chi connectivity index (χ1) is 14.3. The number of phenols is 1. The highest BCUT2D eigenvalue weighted by atomic mass is 16.3. The van der Waals surface area contributed by atoms with Crippen molar-refractivity contribution in [3.63, 3.8) is 0 Å². The Morgan fingerprint density at radius 1 is 1.20 bits per heavy atom. The normalized spacial score (nSPS) is 12.6. The summed E-state index contributed by atoms with van der Waals surface area (Å²) in [7, 11) is 0. The smallest absolute Gasteiger partial charge is 0.251 e. The third kappa shape index (κ3) is 3.54. The summed E-state index contributed by atoms with van der Waals surface area (Å²) in [6.45, 7) is 4.17. The number of hydrogen-bond donors (Lipinski definition) is 4. The lowest BCUT2D eigenvalue weighted by molar-refractivity contribution is 0.0950. The fraction of sp³-hybridized carbons (Fsp3) is 0.261. The Hall–Kier alpha value is -3.61. The van der Waals surface area contributed by atoms with Crippen LogP contribution >= 0.6 is 0 Å². The van der Waals surface area contributed by atoms with Crippen LogP contribution in [0.3, 0.4) is 0 Å². The molecule has 7 heteroatoms. The minimum absolute atomic E-state index is 0.0507. The van der Waals surface area contributed by atoms with Gasteiger partial charge in [0.15, 0.2) is 0 Å². The van der Waals surface area contributed by atoms with Crippen LogP contribution in [-0.2, 0) is 19.4 Å². The number of amides is 1. The van der Waals surface area contributed by atoms with E-state index < -0.39 is 0 Å². The third-order valence-corrected chi connectivity index (χ3v) is 5.65. The van der Waals surface area contributed by atoms with Crippen molar-refractivity contribution in [2.45, 2.75) is 39.7 Å². The van der Waals surface area contributed by atoms with Crippen LogP contribution in [0.25, 0.3) is 5.69 Å². The summed E-state index contributed by atoms with van der Waals surface area (Å²) in [5.74, 6) is -0.275. The van der Waals surface area contributed by atoms with Gasteiger partial charge in [0.2, 0.25) is 0 Å². The second kappa shape index (κ2) is 7.67. The summed E-state index contributed by atoms with van der Waals surface area (Å²) in [4.78, 5) is 12.7. The summed E-state index contributed by atoms with van der Waals surface area (Å²) in [6.07, 6.45) is 3.27. The molecule has 0 saturated carbocycles. The van der Waals surface area contributed by atoms with Gasteiger partial charge in [0.25, 0.3) is 5.91 Å². The summed E-state index contributed by atoms with van der Waals surface area (Å²) in [6, 6.07) is 10.2. The van der Waals surface area contributed by atoms with Crippen LogP contribution in [0.5, 0.6) is 5.75 Å². The molecule has 1 aromatic heterocycles. The van der Waals surface area contributed by atoms with Crippen molar-refractivity contribution in [3.8, 4) is 11.4 Å². The van der Waals surface area contributed by atoms with Gasteiger partial charge in [-0.15, -0.1) is 0 Å².